The number of piperazine rings is 1. The van der Waals surface area contributed by atoms with Crippen LogP contribution in [0.15, 0.2) is 72.1 Å². The number of hydrogen-bond acceptors (Lipinski definition) is 3. The summed E-state index contributed by atoms with van der Waals surface area (Å²) in [6, 6.07) is 22.6. The van der Waals surface area contributed by atoms with E-state index in [9.17, 15) is 9.59 Å². The fourth-order valence-electron chi connectivity index (χ4n) is 4.98. The van der Waals surface area contributed by atoms with Crippen molar-refractivity contribution in [2.24, 2.45) is 0 Å². The highest BCUT2D eigenvalue weighted by molar-refractivity contribution is 7.16. The predicted octanol–water partition coefficient (Wildman–Crippen LogP) is 5.37. The SMILES string of the molecule is Cc1ccccc1Cn1c(C(=O)N2CCN(C(=O)CCc3ccccc3)[C@H](C)C2)cc2ccsc21. The van der Waals surface area contributed by atoms with E-state index in [1.54, 1.807) is 11.3 Å². The number of benzene rings is 2. The van der Waals surface area contributed by atoms with Crippen molar-refractivity contribution in [3.63, 3.8) is 0 Å². The number of carbonyl (C=O) groups is 2. The van der Waals surface area contributed by atoms with Crippen LogP contribution in [0.1, 0.15) is 40.5 Å². The maximum atomic E-state index is 13.7. The van der Waals surface area contributed by atoms with Gasteiger partial charge in [-0.2, -0.15) is 0 Å². The zero-order valence-electron chi connectivity index (χ0n) is 20.3. The molecule has 0 unspecified atom stereocenters. The Bertz CT molecular complexity index is 1340. The third kappa shape index (κ3) is 4.89. The van der Waals surface area contributed by atoms with Crippen LogP contribution < -0.4 is 0 Å². The largest absolute Gasteiger partial charge is 0.336 e. The molecule has 6 heteroatoms. The van der Waals surface area contributed by atoms with Gasteiger partial charge in [0.2, 0.25) is 5.91 Å². The average molecular weight is 486 g/mol. The van der Waals surface area contributed by atoms with Crippen molar-refractivity contribution in [1.29, 1.82) is 0 Å². The molecular formula is C29H31N3O2S. The van der Waals surface area contributed by atoms with Crippen LogP contribution >= 0.6 is 11.3 Å². The molecule has 1 fully saturated rings. The van der Waals surface area contributed by atoms with Crippen molar-refractivity contribution in [1.82, 2.24) is 14.4 Å². The summed E-state index contributed by atoms with van der Waals surface area (Å²) >= 11 is 1.67. The van der Waals surface area contributed by atoms with Crippen LogP contribution in [-0.4, -0.2) is 51.9 Å². The Morgan fingerprint density at radius 2 is 1.77 bits per heavy atom. The van der Waals surface area contributed by atoms with Gasteiger partial charge in [0, 0.05) is 44.0 Å². The molecule has 0 aliphatic carbocycles. The Kier molecular flexibility index (Phi) is 6.73. The van der Waals surface area contributed by atoms with Crippen LogP contribution in [-0.2, 0) is 17.8 Å². The van der Waals surface area contributed by atoms with Crippen LogP contribution in [0, 0.1) is 6.92 Å². The third-order valence-electron chi connectivity index (χ3n) is 7.02. The van der Waals surface area contributed by atoms with Crippen molar-refractivity contribution in [3.05, 3.63) is 94.5 Å². The Morgan fingerprint density at radius 1 is 1.00 bits per heavy atom. The van der Waals surface area contributed by atoms with Gasteiger partial charge in [0.1, 0.15) is 10.5 Å². The summed E-state index contributed by atoms with van der Waals surface area (Å²) in [4.78, 5) is 31.6. The first-order chi connectivity index (χ1) is 17.0. The van der Waals surface area contributed by atoms with E-state index in [1.807, 2.05) is 47.1 Å². The normalized spacial score (nSPS) is 16.1. The highest BCUT2D eigenvalue weighted by Gasteiger charge is 2.31. The fraction of sp³-hybridized carbons (Fsp3) is 0.310. The molecule has 0 radical (unpaired) electrons. The standard InChI is InChI=1S/C29H31N3O2S/c1-21-8-6-7-11-25(21)20-32-26(18-24-14-17-35-29(24)32)28(34)30-15-16-31(22(2)19-30)27(33)13-12-23-9-4-3-5-10-23/h3-11,14,17-18,22H,12-13,15-16,19-20H2,1-2H3/t22-/m1/s1. The monoisotopic (exact) mass is 485 g/mol. The lowest BCUT2D eigenvalue weighted by atomic mass is 10.1. The molecule has 4 aromatic rings. The number of carbonyl (C=O) groups excluding carboxylic acids is 2. The molecule has 180 valence electrons. The second kappa shape index (κ2) is 10.1. The average Bonchev–Trinajstić information content (AvgIpc) is 3.46. The number of hydrogen-bond donors (Lipinski definition) is 0. The van der Waals surface area contributed by atoms with Crippen LogP contribution in [0.2, 0.25) is 0 Å². The molecule has 0 bridgehead atoms. The first kappa shape index (κ1) is 23.4. The Morgan fingerprint density at radius 3 is 2.54 bits per heavy atom. The second-order valence-corrected chi connectivity index (χ2v) is 10.3. The minimum Gasteiger partial charge on any atom is -0.336 e. The van der Waals surface area contributed by atoms with Gasteiger partial charge in [0.15, 0.2) is 0 Å². The summed E-state index contributed by atoms with van der Waals surface area (Å²) in [7, 11) is 0. The maximum absolute atomic E-state index is 13.7. The molecule has 0 saturated carbocycles. The highest BCUT2D eigenvalue weighted by atomic mass is 32.1. The van der Waals surface area contributed by atoms with E-state index in [4.69, 9.17) is 0 Å². The lowest BCUT2D eigenvalue weighted by Crippen LogP contribution is -2.55. The fourth-order valence-corrected chi connectivity index (χ4v) is 5.88. The molecule has 2 aromatic carbocycles. The number of rotatable bonds is 6. The quantitative estimate of drug-likeness (QED) is 0.369. The summed E-state index contributed by atoms with van der Waals surface area (Å²) in [5.41, 5.74) is 4.35. The van der Waals surface area contributed by atoms with Gasteiger partial charge in [-0.15, -0.1) is 11.3 Å². The molecule has 1 aliphatic rings. The molecule has 5 rings (SSSR count). The molecule has 3 heterocycles. The minimum absolute atomic E-state index is 0.00290. The van der Waals surface area contributed by atoms with E-state index >= 15 is 0 Å². The van der Waals surface area contributed by atoms with E-state index in [0.29, 0.717) is 32.6 Å². The second-order valence-electron chi connectivity index (χ2n) is 9.40. The summed E-state index contributed by atoms with van der Waals surface area (Å²) < 4.78 is 2.16. The van der Waals surface area contributed by atoms with Gasteiger partial charge >= 0.3 is 0 Å². The van der Waals surface area contributed by atoms with E-state index in [-0.39, 0.29) is 17.9 Å². The first-order valence-electron chi connectivity index (χ1n) is 12.2. The number of fused-ring (bicyclic) bond motifs is 1. The number of aryl methyl sites for hydroxylation is 2. The van der Waals surface area contributed by atoms with E-state index in [1.165, 1.54) is 16.7 Å². The van der Waals surface area contributed by atoms with Crippen LogP contribution in [0.3, 0.4) is 0 Å². The summed E-state index contributed by atoms with van der Waals surface area (Å²) in [6.45, 7) is 6.52. The predicted molar refractivity (Wildman–Crippen MR) is 142 cm³/mol. The Labute approximate surface area is 210 Å². The van der Waals surface area contributed by atoms with Crippen molar-refractivity contribution in [2.45, 2.75) is 39.3 Å². The molecule has 5 nitrogen and oxygen atoms in total. The molecule has 1 aliphatic heterocycles. The van der Waals surface area contributed by atoms with Gasteiger partial charge < -0.3 is 14.4 Å². The van der Waals surface area contributed by atoms with E-state index < -0.39 is 0 Å². The van der Waals surface area contributed by atoms with Gasteiger partial charge in [0.25, 0.3) is 5.91 Å². The maximum Gasteiger partial charge on any atom is 0.270 e. The number of thiophene rings is 1. The lowest BCUT2D eigenvalue weighted by Gasteiger charge is -2.40. The molecule has 2 aromatic heterocycles. The Hall–Kier alpha value is -3.38. The summed E-state index contributed by atoms with van der Waals surface area (Å²) in [5, 5.41) is 3.18. The molecule has 0 N–H and O–H groups in total. The minimum atomic E-state index is -0.00290. The van der Waals surface area contributed by atoms with Crippen LogP contribution in [0.5, 0.6) is 0 Å². The van der Waals surface area contributed by atoms with Gasteiger partial charge in [-0.25, -0.2) is 0 Å². The molecule has 35 heavy (non-hydrogen) atoms. The first-order valence-corrected chi connectivity index (χ1v) is 13.1. The number of nitrogens with zero attached hydrogens (tertiary/aromatic N) is 3. The number of aromatic nitrogens is 1. The van der Waals surface area contributed by atoms with Crippen molar-refractivity contribution in [3.8, 4) is 0 Å². The van der Waals surface area contributed by atoms with Gasteiger partial charge in [-0.05, 0) is 54.5 Å². The summed E-state index contributed by atoms with van der Waals surface area (Å²) in [5.74, 6) is 0.210. The third-order valence-corrected chi connectivity index (χ3v) is 7.97. The molecular weight excluding hydrogens is 454 g/mol. The van der Waals surface area contributed by atoms with Crippen LogP contribution in [0.25, 0.3) is 10.2 Å². The Balaban J connectivity index is 1.29. The molecule has 1 atom stereocenters. The van der Waals surface area contributed by atoms with Crippen molar-refractivity contribution in [2.75, 3.05) is 19.6 Å². The van der Waals surface area contributed by atoms with Gasteiger partial charge in [-0.3, -0.25) is 9.59 Å². The zero-order valence-corrected chi connectivity index (χ0v) is 21.1. The number of amides is 2. The summed E-state index contributed by atoms with van der Waals surface area (Å²) in [6.07, 6.45) is 1.24. The molecule has 0 spiro atoms. The van der Waals surface area contributed by atoms with Crippen LogP contribution in [0.4, 0.5) is 0 Å². The lowest BCUT2D eigenvalue weighted by molar-refractivity contribution is -0.135. The molecule has 1 saturated heterocycles. The highest BCUT2D eigenvalue weighted by Crippen LogP contribution is 2.28. The molecule has 2 amide bonds. The topological polar surface area (TPSA) is 45.6 Å². The van der Waals surface area contributed by atoms with E-state index in [0.717, 1.165) is 22.3 Å². The van der Waals surface area contributed by atoms with Crippen molar-refractivity contribution < 1.29 is 9.59 Å². The smallest absolute Gasteiger partial charge is 0.270 e. The zero-order chi connectivity index (χ0) is 24.4. The van der Waals surface area contributed by atoms with E-state index in [2.05, 4.69) is 53.3 Å². The van der Waals surface area contributed by atoms with Crippen molar-refractivity contribution >= 4 is 33.4 Å². The van der Waals surface area contributed by atoms with Gasteiger partial charge in [0.05, 0.1) is 0 Å². The van der Waals surface area contributed by atoms with Gasteiger partial charge in [-0.1, -0.05) is 54.6 Å².